The van der Waals surface area contributed by atoms with Crippen LogP contribution in [-0.4, -0.2) is 41.3 Å². The molecule has 2 aromatic rings. The number of hydrogen-bond acceptors (Lipinski definition) is 5. The lowest BCUT2D eigenvalue weighted by atomic mass is 9.92. The molecule has 0 radical (unpaired) electrons. The van der Waals surface area contributed by atoms with E-state index in [1.54, 1.807) is 0 Å². The van der Waals surface area contributed by atoms with E-state index in [2.05, 4.69) is 40.3 Å². The third kappa shape index (κ3) is 6.93. The Bertz CT molecular complexity index is 919. The third-order valence-electron chi connectivity index (χ3n) is 6.41. The molecule has 0 aliphatic carbocycles. The number of benzene rings is 1. The molecule has 0 saturated carbocycles. The predicted octanol–water partition coefficient (Wildman–Crippen LogP) is 5.48. The maximum atomic E-state index is 5.98. The number of rotatable bonds is 5. The first-order valence-electron chi connectivity index (χ1n) is 12.1. The van der Waals surface area contributed by atoms with E-state index in [1.165, 1.54) is 32.1 Å². The normalized spacial score (nSPS) is 21.4. The molecule has 2 aliphatic heterocycles. The topological polar surface area (TPSA) is 56.3 Å². The average molecular weight is 487 g/mol. The molecule has 3 heterocycles. The molecule has 0 unspecified atom stereocenters. The molecule has 6 nitrogen and oxygen atoms in total. The third-order valence-corrected chi connectivity index (χ3v) is 6.91. The second-order valence-electron chi connectivity index (χ2n) is 9.59. The van der Waals surface area contributed by atoms with E-state index in [0.29, 0.717) is 29.4 Å². The van der Waals surface area contributed by atoms with Gasteiger partial charge < -0.3 is 20.4 Å². The smallest absolute Gasteiger partial charge is 0.232 e. The van der Waals surface area contributed by atoms with E-state index < -0.39 is 0 Å². The molecule has 1 aromatic carbocycles. The van der Waals surface area contributed by atoms with Crippen molar-refractivity contribution in [2.75, 3.05) is 41.3 Å². The Balaban J connectivity index is 1.51. The Morgan fingerprint density at radius 1 is 0.970 bits per heavy atom. The fourth-order valence-corrected chi connectivity index (χ4v) is 5.17. The Morgan fingerprint density at radius 2 is 1.58 bits per heavy atom. The standard InChI is InChI=1S/C25H35ClN6S/c1-18-13-19(2)17-32(16-18)23-14-22(31-11-5-3-4-6-12-31)28-24(29-23)30-25(33)27-15-20-7-9-21(26)10-8-20/h7-10,14,18-19H,3-6,11-13,15-17H2,1-2H3,(H2,27,28,29,30,33)/t18-,19-/m0/s1. The van der Waals surface area contributed by atoms with Crippen molar-refractivity contribution < 1.29 is 0 Å². The first kappa shape index (κ1) is 24.0. The molecule has 1 aromatic heterocycles. The lowest BCUT2D eigenvalue weighted by Gasteiger charge is -2.36. The summed E-state index contributed by atoms with van der Waals surface area (Å²) in [6.07, 6.45) is 6.27. The molecule has 2 N–H and O–H groups in total. The molecule has 4 rings (SSSR count). The van der Waals surface area contributed by atoms with Gasteiger partial charge in [-0.25, -0.2) is 0 Å². The van der Waals surface area contributed by atoms with E-state index in [-0.39, 0.29) is 0 Å². The highest BCUT2D eigenvalue weighted by molar-refractivity contribution is 7.80. The van der Waals surface area contributed by atoms with Crippen molar-refractivity contribution in [2.24, 2.45) is 11.8 Å². The van der Waals surface area contributed by atoms with Crippen molar-refractivity contribution in [3.05, 3.63) is 40.9 Å². The second kappa shape index (κ2) is 11.3. The predicted molar refractivity (Wildman–Crippen MR) is 142 cm³/mol. The van der Waals surface area contributed by atoms with Gasteiger partial charge in [-0.05, 0) is 61.0 Å². The van der Waals surface area contributed by atoms with Crippen molar-refractivity contribution in [1.82, 2.24) is 15.3 Å². The summed E-state index contributed by atoms with van der Waals surface area (Å²) in [4.78, 5) is 14.6. The van der Waals surface area contributed by atoms with Crippen LogP contribution in [0.3, 0.4) is 0 Å². The largest absolute Gasteiger partial charge is 0.358 e. The van der Waals surface area contributed by atoms with Crippen LogP contribution in [-0.2, 0) is 6.54 Å². The molecule has 2 saturated heterocycles. The SMILES string of the molecule is C[C@H]1C[C@H](C)CN(c2cc(N3CCCCCC3)nc(NC(=S)NCc3ccc(Cl)cc3)n2)C1. The Hall–Kier alpha value is -2.12. The molecule has 0 amide bonds. The highest BCUT2D eigenvalue weighted by Crippen LogP contribution is 2.29. The molecule has 2 aliphatic rings. The summed E-state index contributed by atoms with van der Waals surface area (Å²) < 4.78 is 0. The van der Waals surface area contributed by atoms with Gasteiger partial charge in [-0.1, -0.05) is 50.4 Å². The van der Waals surface area contributed by atoms with Crippen LogP contribution in [0.4, 0.5) is 17.6 Å². The maximum absolute atomic E-state index is 5.98. The number of anilines is 3. The summed E-state index contributed by atoms with van der Waals surface area (Å²) in [5.41, 5.74) is 1.11. The summed E-state index contributed by atoms with van der Waals surface area (Å²) in [6.45, 7) is 9.41. The summed E-state index contributed by atoms with van der Waals surface area (Å²) >= 11 is 11.5. The van der Waals surface area contributed by atoms with E-state index in [4.69, 9.17) is 33.8 Å². The zero-order chi connectivity index (χ0) is 23.2. The quantitative estimate of drug-likeness (QED) is 0.542. The zero-order valence-corrected chi connectivity index (χ0v) is 21.3. The molecule has 8 heteroatoms. The highest BCUT2D eigenvalue weighted by atomic mass is 35.5. The van der Waals surface area contributed by atoms with Crippen molar-refractivity contribution in [3.63, 3.8) is 0 Å². The number of nitrogens with zero attached hydrogens (tertiary/aromatic N) is 4. The van der Waals surface area contributed by atoms with E-state index in [9.17, 15) is 0 Å². The molecule has 0 bridgehead atoms. The van der Waals surface area contributed by atoms with E-state index >= 15 is 0 Å². The van der Waals surface area contributed by atoms with Crippen LogP contribution in [0.25, 0.3) is 0 Å². The Labute approximate surface area is 208 Å². The monoisotopic (exact) mass is 486 g/mol. The van der Waals surface area contributed by atoms with Crippen molar-refractivity contribution >= 4 is 46.5 Å². The van der Waals surface area contributed by atoms with Crippen LogP contribution < -0.4 is 20.4 Å². The van der Waals surface area contributed by atoms with Crippen LogP contribution in [0, 0.1) is 11.8 Å². The molecule has 0 spiro atoms. The fraction of sp³-hybridized carbons (Fsp3) is 0.560. The average Bonchev–Trinajstić information content (AvgIpc) is 3.08. The number of piperidine rings is 1. The van der Waals surface area contributed by atoms with Crippen molar-refractivity contribution in [3.8, 4) is 0 Å². The molecule has 2 atom stereocenters. The number of thiocarbonyl (C=S) groups is 1. The van der Waals surface area contributed by atoms with Gasteiger partial charge in [0, 0.05) is 43.8 Å². The van der Waals surface area contributed by atoms with Gasteiger partial charge >= 0.3 is 0 Å². The van der Waals surface area contributed by atoms with Crippen LogP contribution in [0.2, 0.25) is 5.02 Å². The van der Waals surface area contributed by atoms with Crippen molar-refractivity contribution in [1.29, 1.82) is 0 Å². The second-order valence-corrected chi connectivity index (χ2v) is 10.4. The summed E-state index contributed by atoms with van der Waals surface area (Å²) in [5.74, 6) is 3.86. The summed E-state index contributed by atoms with van der Waals surface area (Å²) in [6, 6.07) is 9.92. The first-order chi connectivity index (χ1) is 16.0. The van der Waals surface area contributed by atoms with Gasteiger partial charge in [0.25, 0.3) is 0 Å². The van der Waals surface area contributed by atoms with Gasteiger partial charge in [-0.15, -0.1) is 0 Å². The van der Waals surface area contributed by atoms with Crippen LogP contribution in [0.15, 0.2) is 30.3 Å². The molecular formula is C25H35ClN6S. The minimum Gasteiger partial charge on any atom is -0.358 e. The van der Waals surface area contributed by atoms with Crippen LogP contribution >= 0.6 is 23.8 Å². The van der Waals surface area contributed by atoms with Crippen molar-refractivity contribution in [2.45, 2.75) is 52.5 Å². The minimum absolute atomic E-state index is 0.518. The Kier molecular flexibility index (Phi) is 8.25. The lowest BCUT2D eigenvalue weighted by Crippen LogP contribution is -2.39. The van der Waals surface area contributed by atoms with Crippen LogP contribution in [0.1, 0.15) is 51.5 Å². The summed E-state index contributed by atoms with van der Waals surface area (Å²) in [7, 11) is 0. The molecule has 2 fully saturated rings. The molecular weight excluding hydrogens is 452 g/mol. The van der Waals surface area contributed by atoms with Gasteiger partial charge in [0.1, 0.15) is 11.6 Å². The first-order valence-corrected chi connectivity index (χ1v) is 12.9. The summed E-state index contributed by atoms with van der Waals surface area (Å²) in [5, 5.41) is 7.74. The lowest BCUT2D eigenvalue weighted by molar-refractivity contribution is 0.355. The Morgan fingerprint density at radius 3 is 2.21 bits per heavy atom. The van der Waals surface area contributed by atoms with Gasteiger partial charge in [0.05, 0.1) is 0 Å². The highest BCUT2D eigenvalue weighted by Gasteiger charge is 2.24. The zero-order valence-electron chi connectivity index (χ0n) is 19.7. The maximum Gasteiger partial charge on any atom is 0.232 e. The number of nitrogens with one attached hydrogen (secondary N) is 2. The minimum atomic E-state index is 0.518. The van der Waals surface area contributed by atoms with Gasteiger partial charge in [0.2, 0.25) is 5.95 Å². The van der Waals surface area contributed by atoms with Gasteiger partial charge in [-0.3, -0.25) is 0 Å². The number of aromatic nitrogens is 2. The molecule has 33 heavy (non-hydrogen) atoms. The fourth-order valence-electron chi connectivity index (χ4n) is 4.88. The van der Waals surface area contributed by atoms with Gasteiger partial charge in [-0.2, -0.15) is 9.97 Å². The van der Waals surface area contributed by atoms with Gasteiger partial charge in [0.15, 0.2) is 5.11 Å². The van der Waals surface area contributed by atoms with Crippen LogP contribution in [0.5, 0.6) is 0 Å². The van der Waals surface area contributed by atoms with E-state index in [0.717, 1.165) is 48.4 Å². The van der Waals surface area contributed by atoms with E-state index in [1.807, 2.05) is 24.3 Å². The molecule has 178 valence electrons. The number of halogens is 1. The number of hydrogen-bond donors (Lipinski definition) is 2.